The van der Waals surface area contributed by atoms with Crippen molar-refractivity contribution in [1.29, 1.82) is 0 Å². The Labute approximate surface area is 191 Å². The zero-order valence-corrected chi connectivity index (χ0v) is 18.9. The third-order valence-corrected chi connectivity index (χ3v) is 6.48. The maximum Gasteiger partial charge on any atom is 0.129 e. The zero-order valence-electron chi connectivity index (χ0n) is 17.4. The van der Waals surface area contributed by atoms with Crippen molar-refractivity contribution < 1.29 is 9.13 Å². The molecule has 31 heavy (non-hydrogen) atoms. The largest absolute Gasteiger partial charge is 0.492 e. The topological polar surface area (TPSA) is 65.1 Å². The molecule has 164 valence electrons. The minimum atomic E-state index is -0.319. The molecule has 8 heteroatoms. The lowest BCUT2D eigenvalue weighted by atomic mass is 9.76. The highest BCUT2D eigenvalue weighted by Crippen LogP contribution is 2.36. The number of hydrogen-bond acceptors (Lipinski definition) is 5. The molecule has 1 aromatic heterocycles. The van der Waals surface area contributed by atoms with Crippen LogP contribution in [0.15, 0.2) is 53.9 Å². The number of nitrogens with two attached hydrogens (primary N) is 1. The Morgan fingerprint density at radius 2 is 2.19 bits per heavy atom. The summed E-state index contributed by atoms with van der Waals surface area (Å²) >= 11 is 7.53. The number of nitrogens with one attached hydrogen (secondary N) is 1. The molecule has 1 aliphatic carbocycles. The second-order valence-corrected chi connectivity index (χ2v) is 9.22. The Bertz CT molecular complexity index is 1020. The van der Waals surface area contributed by atoms with Crippen molar-refractivity contribution in [1.82, 2.24) is 14.3 Å². The molecule has 2 aromatic carbocycles. The molecule has 0 radical (unpaired) electrons. The van der Waals surface area contributed by atoms with Gasteiger partial charge in [0.2, 0.25) is 0 Å². The average molecular weight is 461 g/mol. The molecule has 1 aliphatic rings. The molecule has 0 fully saturated rings. The van der Waals surface area contributed by atoms with Gasteiger partial charge in [0, 0.05) is 36.8 Å². The van der Waals surface area contributed by atoms with Crippen molar-refractivity contribution in [3.63, 3.8) is 0 Å². The molecule has 3 N–H and O–H groups in total. The minimum Gasteiger partial charge on any atom is -0.492 e. The van der Waals surface area contributed by atoms with E-state index in [-0.39, 0.29) is 17.8 Å². The van der Waals surface area contributed by atoms with Gasteiger partial charge in [-0.3, -0.25) is 4.72 Å². The van der Waals surface area contributed by atoms with E-state index in [1.807, 2.05) is 29.9 Å². The van der Waals surface area contributed by atoms with Crippen LogP contribution in [0.3, 0.4) is 0 Å². The van der Waals surface area contributed by atoms with E-state index < -0.39 is 0 Å². The van der Waals surface area contributed by atoms with Crippen LogP contribution in [0.2, 0.25) is 5.02 Å². The lowest BCUT2D eigenvalue weighted by molar-refractivity contribution is 0.323. The van der Waals surface area contributed by atoms with Crippen LogP contribution in [0.4, 0.5) is 4.39 Å². The number of hydrogen-bond donors (Lipinski definition) is 2. The summed E-state index contributed by atoms with van der Waals surface area (Å²) in [4.78, 5) is 4.26. The van der Waals surface area contributed by atoms with Gasteiger partial charge in [-0.05, 0) is 78.2 Å². The van der Waals surface area contributed by atoms with Crippen LogP contribution in [0, 0.1) is 5.82 Å². The monoisotopic (exact) mass is 460 g/mol. The maximum atomic E-state index is 13.8. The fraction of sp³-hybridized carbons (Fsp3) is 0.348. The molecule has 5 nitrogen and oxygen atoms in total. The van der Waals surface area contributed by atoms with Crippen molar-refractivity contribution >= 4 is 23.5 Å². The van der Waals surface area contributed by atoms with E-state index in [1.165, 1.54) is 35.2 Å². The van der Waals surface area contributed by atoms with E-state index in [4.69, 9.17) is 22.1 Å². The molecule has 4 rings (SSSR count). The molecule has 0 amide bonds. The number of imidazole rings is 1. The van der Waals surface area contributed by atoms with Crippen LogP contribution >= 0.6 is 23.5 Å². The van der Waals surface area contributed by atoms with Gasteiger partial charge in [0.25, 0.3) is 0 Å². The molecular weight excluding hydrogens is 435 g/mol. The van der Waals surface area contributed by atoms with Crippen LogP contribution in [0.5, 0.6) is 5.75 Å². The average Bonchev–Trinajstić information content (AvgIpc) is 3.14. The highest BCUT2D eigenvalue weighted by Gasteiger charge is 2.28. The first-order valence-corrected chi connectivity index (χ1v) is 11.5. The predicted octanol–water partition coefficient (Wildman–Crippen LogP) is 4.49. The smallest absolute Gasteiger partial charge is 0.129 e. The summed E-state index contributed by atoms with van der Waals surface area (Å²) in [6.45, 7) is 1.22. The third-order valence-electron chi connectivity index (χ3n) is 5.49. The molecule has 0 spiro atoms. The predicted molar refractivity (Wildman–Crippen MR) is 123 cm³/mol. The number of aromatic nitrogens is 2. The van der Waals surface area contributed by atoms with Crippen molar-refractivity contribution in [3.8, 4) is 5.75 Å². The standard InChI is InChI=1S/C23H26ClFN4OS/c1-29-13-23(27-14-29)31-28-6-7-30-19-4-2-16-3-5-22(26)21(20(16)12-19)10-15-8-17(24)11-18(25)9-15/h2,4,8-9,11-14,21-22,28H,3,5-7,10,26H2,1H3. The Hall–Kier alpha value is -2.06. The van der Waals surface area contributed by atoms with Gasteiger partial charge in [-0.2, -0.15) is 0 Å². The van der Waals surface area contributed by atoms with E-state index in [9.17, 15) is 4.39 Å². The van der Waals surface area contributed by atoms with Crippen LogP contribution in [0.25, 0.3) is 0 Å². The molecule has 3 aromatic rings. The fourth-order valence-electron chi connectivity index (χ4n) is 4.01. The summed E-state index contributed by atoms with van der Waals surface area (Å²) < 4.78 is 24.9. The lowest BCUT2D eigenvalue weighted by Crippen LogP contribution is -2.34. The molecule has 0 aliphatic heterocycles. The number of nitrogens with zero attached hydrogens (tertiary/aromatic N) is 2. The molecule has 2 atom stereocenters. The van der Waals surface area contributed by atoms with Crippen molar-refractivity contribution in [2.45, 2.75) is 36.2 Å². The summed E-state index contributed by atoms with van der Waals surface area (Å²) in [5, 5.41) is 1.33. The van der Waals surface area contributed by atoms with Crippen molar-refractivity contribution in [2.75, 3.05) is 13.2 Å². The number of benzene rings is 2. The normalized spacial score (nSPS) is 18.1. The number of ether oxygens (including phenoxy) is 1. The van der Waals surface area contributed by atoms with Crippen molar-refractivity contribution in [3.05, 3.63) is 76.5 Å². The first-order valence-electron chi connectivity index (χ1n) is 10.3. The Kier molecular flexibility index (Phi) is 7.17. The van der Waals surface area contributed by atoms with Gasteiger partial charge in [-0.1, -0.05) is 17.7 Å². The van der Waals surface area contributed by atoms with E-state index >= 15 is 0 Å². The summed E-state index contributed by atoms with van der Waals surface area (Å²) in [7, 11) is 1.94. The van der Waals surface area contributed by atoms with Crippen molar-refractivity contribution in [2.24, 2.45) is 12.8 Å². The number of rotatable bonds is 8. The van der Waals surface area contributed by atoms with E-state index in [2.05, 4.69) is 21.8 Å². The highest BCUT2D eigenvalue weighted by molar-refractivity contribution is 7.97. The SMILES string of the molecule is Cn1cnc(SNCCOc2ccc3c(c2)C(Cc2cc(F)cc(Cl)c2)C(N)CC3)c1. The Morgan fingerprint density at radius 1 is 1.32 bits per heavy atom. The van der Waals surface area contributed by atoms with Gasteiger partial charge < -0.3 is 15.0 Å². The molecular formula is C23H26ClFN4OS. The molecule has 0 saturated heterocycles. The Balaban J connectivity index is 1.39. The van der Waals surface area contributed by atoms with Crippen LogP contribution in [-0.4, -0.2) is 28.7 Å². The first kappa shape index (κ1) is 22.1. The summed E-state index contributed by atoms with van der Waals surface area (Å²) in [6, 6.07) is 10.9. The van der Waals surface area contributed by atoms with Crippen LogP contribution < -0.4 is 15.2 Å². The van der Waals surface area contributed by atoms with Gasteiger partial charge >= 0.3 is 0 Å². The second kappa shape index (κ2) is 10.0. The fourth-order valence-corrected chi connectivity index (χ4v) is 4.91. The minimum absolute atomic E-state index is 0.0150. The second-order valence-electron chi connectivity index (χ2n) is 7.87. The number of fused-ring (bicyclic) bond motifs is 1. The van der Waals surface area contributed by atoms with Gasteiger partial charge in [0.05, 0.1) is 6.33 Å². The van der Waals surface area contributed by atoms with E-state index in [0.29, 0.717) is 24.6 Å². The first-order chi connectivity index (χ1) is 15.0. The van der Waals surface area contributed by atoms with Crippen LogP contribution in [-0.2, 0) is 19.9 Å². The Morgan fingerprint density at radius 3 is 2.97 bits per heavy atom. The summed E-state index contributed by atoms with van der Waals surface area (Å²) in [5.41, 5.74) is 9.81. The number of aryl methyl sites for hydroxylation is 2. The van der Waals surface area contributed by atoms with Gasteiger partial charge in [-0.25, -0.2) is 9.37 Å². The van der Waals surface area contributed by atoms with Gasteiger partial charge in [-0.15, -0.1) is 0 Å². The molecule has 1 heterocycles. The molecule has 0 saturated carbocycles. The maximum absolute atomic E-state index is 13.8. The van der Waals surface area contributed by atoms with Crippen LogP contribution in [0.1, 0.15) is 29.0 Å². The quantitative estimate of drug-likeness (QED) is 0.383. The van der Waals surface area contributed by atoms with E-state index in [0.717, 1.165) is 29.2 Å². The summed E-state index contributed by atoms with van der Waals surface area (Å²) in [6.07, 6.45) is 6.23. The highest BCUT2D eigenvalue weighted by atomic mass is 35.5. The van der Waals surface area contributed by atoms with Gasteiger partial charge in [0.1, 0.15) is 23.2 Å². The third kappa shape index (κ3) is 5.80. The van der Waals surface area contributed by atoms with Gasteiger partial charge in [0.15, 0.2) is 0 Å². The number of halogens is 2. The van der Waals surface area contributed by atoms with E-state index in [1.54, 1.807) is 6.33 Å². The molecule has 0 bridgehead atoms. The summed E-state index contributed by atoms with van der Waals surface area (Å²) in [5.74, 6) is 0.600. The lowest BCUT2D eigenvalue weighted by Gasteiger charge is -2.32. The zero-order chi connectivity index (χ0) is 21.8. The molecule has 2 unspecified atom stereocenters.